The Labute approximate surface area is 58.9 Å². The lowest BCUT2D eigenvalue weighted by atomic mass is 10.5. The van der Waals surface area contributed by atoms with Crippen molar-refractivity contribution in [1.82, 2.24) is 9.97 Å². The van der Waals surface area contributed by atoms with Crippen LogP contribution in [0.25, 0.3) is 0 Å². The van der Waals surface area contributed by atoms with E-state index in [9.17, 15) is 18.9 Å². The minimum Gasteiger partial charge on any atom is -0.258 e. The molecule has 0 bridgehead atoms. The highest BCUT2D eigenvalue weighted by atomic mass is 19.1. The second-order valence-corrected chi connectivity index (χ2v) is 1.57. The molecule has 0 saturated carbocycles. The van der Waals surface area contributed by atoms with E-state index in [0.717, 1.165) is 0 Å². The van der Waals surface area contributed by atoms with E-state index in [-0.39, 0.29) is 0 Å². The maximum Gasteiger partial charge on any atom is 0.342 e. The standard InChI is InChI=1S/C4HF2N3O2/c5-3-2(9(10)11)1-7-4(6)8-3/h1H. The molecule has 0 spiro atoms. The summed E-state index contributed by atoms with van der Waals surface area (Å²) in [4.78, 5) is 14.2. The van der Waals surface area contributed by atoms with Crippen molar-refractivity contribution in [3.05, 3.63) is 28.3 Å². The number of nitro groups is 1. The summed E-state index contributed by atoms with van der Waals surface area (Å²) < 4.78 is 24.2. The molecule has 0 amide bonds. The van der Waals surface area contributed by atoms with Crippen LogP contribution in [0.15, 0.2) is 6.20 Å². The van der Waals surface area contributed by atoms with E-state index in [4.69, 9.17) is 0 Å². The van der Waals surface area contributed by atoms with Crippen LogP contribution in [0.3, 0.4) is 0 Å². The number of halogens is 2. The molecule has 1 aromatic rings. The Kier molecular flexibility index (Phi) is 1.71. The molecule has 0 fully saturated rings. The summed E-state index contributed by atoms with van der Waals surface area (Å²) in [5.74, 6) is -1.47. The van der Waals surface area contributed by atoms with Crippen molar-refractivity contribution < 1.29 is 13.7 Å². The zero-order valence-corrected chi connectivity index (χ0v) is 4.99. The second-order valence-electron chi connectivity index (χ2n) is 1.57. The average Bonchev–Trinajstić information content (AvgIpc) is 1.85. The molecule has 58 valence electrons. The third-order valence-corrected chi connectivity index (χ3v) is 0.892. The van der Waals surface area contributed by atoms with Gasteiger partial charge in [0.05, 0.1) is 4.92 Å². The van der Waals surface area contributed by atoms with Gasteiger partial charge in [-0.2, -0.15) is 13.8 Å². The summed E-state index contributed by atoms with van der Waals surface area (Å²) in [6.45, 7) is 0. The number of rotatable bonds is 1. The lowest BCUT2D eigenvalue weighted by molar-refractivity contribution is -0.388. The van der Waals surface area contributed by atoms with E-state index in [1.165, 1.54) is 0 Å². The Bertz CT molecular complexity index is 303. The maximum atomic E-state index is 12.3. The van der Waals surface area contributed by atoms with Crippen LogP contribution in [0.1, 0.15) is 0 Å². The molecule has 7 heteroatoms. The number of nitrogens with zero attached hydrogens (tertiary/aromatic N) is 3. The normalized spacial score (nSPS) is 9.64. The smallest absolute Gasteiger partial charge is 0.258 e. The van der Waals surface area contributed by atoms with Crippen LogP contribution in [0, 0.1) is 22.1 Å². The molecule has 1 heterocycles. The van der Waals surface area contributed by atoms with Gasteiger partial charge in [-0.1, -0.05) is 0 Å². The Morgan fingerprint density at radius 2 is 2.18 bits per heavy atom. The molecule has 0 atom stereocenters. The molecular formula is C4HF2N3O2. The van der Waals surface area contributed by atoms with Crippen molar-refractivity contribution in [2.24, 2.45) is 0 Å². The number of hydrogen-bond acceptors (Lipinski definition) is 4. The van der Waals surface area contributed by atoms with E-state index < -0.39 is 22.6 Å². The highest BCUT2D eigenvalue weighted by molar-refractivity contribution is 5.21. The Morgan fingerprint density at radius 3 is 2.64 bits per heavy atom. The van der Waals surface area contributed by atoms with Crippen molar-refractivity contribution in [3.63, 3.8) is 0 Å². The molecule has 1 aromatic heterocycles. The van der Waals surface area contributed by atoms with Crippen LogP contribution in [-0.2, 0) is 0 Å². The fourth-order valence-electron chi connectivity index (χ4n) is 0.457. The Hall–Kier alpha value is -1.66. The van der Waals surface area contributed by atoms with Crippen molar-refractivity contribution in [2.45, 2.75) is 0 Å². The van der Waals surface area contributed by atoms with Crippen LogP contribution in [-0.4, -0.2) is 14.9 Å². The van der Waals surface area contributed by atoms with E-state index in [1.807, 2.05) is 0 Å². The Morgan fingerprint density at radius 1 is 1.55 bits per heavy atom. The van der Waals surface area contributed by atoms with E-state index in [1.54, 1.807) is 0 Å². The monoisotopic (exact) mass is 161 g/mol. The molecule has 0 N–H and O–H groups in total. The summed E-state index contributed by atoms with van der Waals surface area (Å²) in [6, 6.07) is 0. The van der Waals surface area contributed by atoms with Crippen LogP contribution in [0.2, 0.25) is 0 Å². The van der Waals surface area contributed by atoms with Gasteiger partial charge in [0.25, 0.3) is 5.95 Å². The fourth-order valence-corrected chi connectivity index (χ4v) is 0.457. The molecule has 0 aromatic carbocycles. The van der Waals surface area contributed by atoms with Gasteiger partial charge in [-0.25, -0.2) is 4.98 Å². The number of hydrogen-bond donors (Lipinski definition) is 0. The van der Waals surface area contributed by atoms with Gasteiger partial charge in [0.1, 0.15) is 6.20 Å². The summed E-state index contributed by atoms with van der Waals surface area (Å²) in [7, 11) is 0. The third kappa shape index (κ3) is 1.42. The summed E-state index contributed by atoms with van der Waals surface area (Å²) in [6.07, 6.45) is -0.856. The highest BCUT2D eigenvalue weighted by Crippen LogP contribution is 2.11. The van der Waals surface area contributed by atoms with Crippen LogP contribution in [0.5, 0.6) is 0 Å². The predicted molar refractivity (Wildman–Crippen MR) is 28.6 cm³/mol. The second kappa shape index (κ2) is 2.52. The van der Waals surface area contributed by atoms with Crippen molar-refractivity contribution in [1.29, 1.82) is 0 Å². The van der Waals surface area contributed by atoms with Crippen molar-refractivity contribution >= 4 is 5.69 Å². The number of aromatic nitrogens is 2. The zero-order chi connectivity index (χ0) is 8.43. The van der Waals surface area contributed by atoms with Gasteiger partial charge >= 0.3 is 11.8 Å². The lowest BCUT2D eigenvalue weighted by Gasteiger charge is -1.89. The van der Waals surface area contributed by atoms with E-state index in [0.29, 0.717) is 6.20 Å². The van der Waals surface area contributed by atoms with Gasteiger partial charge in [-0.05, 0) is 0 Å². The first-order chi connectivity index (χ1) is 5.11. The fraction of sp³-hybridized carbons (Fsp3) is 0. The van der Waals surface area contributed by atoms with Crippen LogP contribution >= 0.6 is 0 Å². The molecule has 11 heavy (non-hydrogen) atoms. The predicted octanol–water partition coefficient (Wildman–Crippen LogP) is 0.663. The molecule has 5 nitrogen and oxygen atoms in total. The molecule has 0 saturated heterocycles. The zero-order valence-electron chi connectivity index (χ0n) is 4.99. The molecule has 0 radical (unpaired) electrons. The van der Waals surface area contributed by atoms with Crippen molar-refractivity contribution in [3.8, 4) is 0 Å². The average molecular weight is 161 g/mol. The molecule has 0 unspecified atom stereocenters. The summed E-state index contributed by atoms with van der Waals surface area (Å²) >= 11 is 0. The highest BCUT2D eigenvalue weighted by Gasteiger charge is 2.16. The van der Waals surface area contributed by atoms with Crippen LogP contribution < -0.4 is 0 Å². The van der Waals surface area contributed by atoms with Crippen molar-refractivity contribution in [2.75, 3.05) is 0 Å². The van der Waals surface area contributed by atoms with Gasteiger partial charge in [0.15, 0.2) is 0 Å². The third-order valence-electron chi connectivity index (χ3n) is 0.892. The minimum absolute atomic E-state index is 0.470. The van der Waals surface area contributed by atoms with E-state index >= 15 is 0 Å². The van der Waals surface area contributed by atoms with Gasteiger partial charge in [0.2, 0.25) is 0 Å². The summed E-state index contributed by atoms with van der Waals surface area (Å²) in [5.41, 5.74) is -0.939. The topological polar surface area (TPSA) is 68.9 Å². The minimum atomic E-state index is -1.47. The largest absolute Gasteiger partial charge is 0.342 e. The molecule has 0 aliphatic heterocycles. The first-order valence-electron chi connectivity index (χ1n) is 2.43. The first kappa shape index (κ1) is 7.45. The van der Waals surface area contributed by atoms with Gasteiger partial charge < -0.3 is 0 Å². The maximum absolute atomic E-state index is 12.3. The summed E-state index contributed by atoms with van der Waals surface area (Å²) in [5, 5.41) is 9.90. The van der Waals surface area contributed by atoms with Gasteiger partial charge in [0, 0.05) is 0 Å². The molecule has 1 rings (SSSR count). The molecule has 0 aliphatic rings. The van der Waals surface area contributed by atoms with Gasteiger partial charge in [-0.15, -0.1) is 0 Å². The molecular weight excluding hydrogens is 160 g/mol. The SMILES string of the molecule is O=[N+]([O-])c1cnc(F)nc1F. The Balaban J connectivity index is 3.20. The van der Waals surface area contributed by atoms with Crippen LogP contribution in [0.4, 0.5) is 14.5 Å². The quantitative estimate of drug-likeness (QED) is 0.262. The first-order valence-corrected chi connectivity index (χ1v) is 2.43. The van der Waals surface area contributed by atoms with Gasteiger partial charge in [-0.3, -0.25) is 10.1 Å². The molecule has 0 aliphatic carbocycles. The lowest BCUT2D eigenvalue weighted by Crippen LogP contribution is -1.99. The van der Waals surface area contributed by atoms with E-state index in [2.05, 4.69) is 9.97 Å².